The summed E-state index contributed by atoms with van der Waals surface area (Å²) in [5, 5.41) is 3.43. The molecule has 4 nitrogen and oxygen atoms in total. The zero-order valence-electron chi connectivity index (χ0n) is 11.1. The van der Waals surface area contributed by atoms with Gasteiger partial charge in [0, 0.05) is 25.2 Å². The van der Waals surface area contributed by atoms with Crippen LogP contribution in [-0.4, -0.2) is 27.6 Å². The maximum absolute atomic E-state index is 4.83. The largest absolute Gasteiger partial charge is 0.326 e. The fourth-order valence-corrected chi connectivity index (χ4v) is 2.73. The van der Waals surface area contributed by atoms with Crippen LogP contribution in [0.1, 0.15) is 32.0 Å². The molecule has 1 fully saturated rings. The van der Waals surface area contributed by atoms with E-state index < -0.39 is 0 Å². The maximum Gasteiger partial charge on any atom is 0.114 e. The molecule has 1 atom stereocenters. The van der Waals surface area contributed by atoms with E-state index in [0.717, 1.165) is 25.2 Å². The lowest BCUT2D eigenvalue weighted by atomic mass is 10.1. The molecule has 0 aromatic carbocycles. The Balaban J connectivity index is 2.10. The van der Waals surface area contributed by atoms with Crippen LogP contribution in [0, 0.1) is 5.92 Å². The second-order valence-electron chi connectivity index (χ2n) is 5.53. The third-order valence-corrected chi connectivity index (χ3v) is 3.55. The summed E-state index contributed by atoms with van der Waals surface area (Å²) in [6.45, 7) is 7.68. The molecule has 18 heavy (non-hydrogen) atoms. The maximum atomic E-state index is 4.83. The van der Waals surface area contributed by atoms with E-state index in [9.17, 15) is 0 Å². The van der Waals surface area contributed by atoms with E-state index in [1.165, 1.54) is 17.8 Å². The predicted octanol–water partition coefficient (Wildman–Crippen LogP) is 2.16. The van der Waals surface area contributed by atoms with Crippen LogP contribution in [0.15, 0.2) is 18.5 Å². The van der Waals surface area contributed by atoms with Crippen LogP contribution in [-0.2, 0) is 6.54 Å². The van der Waals surface area contributed by atoms with Crippen molar-refractivity contribution in [2.75, 3.05) is 13.1 Å². The summed E-state index contributed by atoms with van der Waals surface area (Å²) in [6, 6.07) is 2.01. The van der Waals surface area contributed by atoms with Crippen LogP contribution in [0.5, 0.6) is 0 Å². The topological polar surface area (TPSA) is 42.7 Å². The fourth-order valence-electron chi connectivity index (χ4n) is 2.73. The Labute approximate surface area is 107 Å². The van der Waals surface area contributed by atoms with Crippen LogP contribution in [0.4, 0.5) is 0 Å². The van der Waals surface area contributed by atoms with Gasteiger partial charge < -0.3 is 9.88 Å². The van der Waals surface area contributed by atoms with Crippen molar-refractivity contribution in [1.29, 1.82) is 0 Å². The summed E-state index contributed by atoms with van der Waals surface area (Å²) < 4.78 is 2.37. The summed E-state index contributed by atoms with van der Waals surface area (Å²) in [4.78, 5) is 9.08. The zero-order valence-corrected chi connectivity index (χ0v) is 11.1. The third kappa shape index (κ3) is 2.01. The van der Waals surface area contributed by atoms with Gasteiger partial charge in [-0.3, -0.25) is 4.98 Å². The van der Waals surface area contributed by atoms with Crippen molar-refractivity contribution < 1.29 is 0 Å². The van der Waals surface area contributed by atoms with E-state index in [1.807, 2.05) is 18.5 Å². The van der Waals surface area contributed by atoms with Crippen LogP contribution in [0.25, 0.3) is 11.0 Å². The molecule has 1 N–H and O–H groups in total. The Hall–Kier alpha value is -1.42. The van der Waals surface area contributed by atoms with Gasteiger partial charge in [0.15, 0.2) is 0 Å². The molecule has 0 radical (unpaired) electrons. The van der Waals surface area contributed by atoms with Crippen molar-refractivity contribution in [2.45, 2.75) is 32.7 Å². The molecule has 0 aliphatic carbocycles. The van der Waals surface area contributed by atoms with Crippen molar-refractivity contribution >= 4 is 11.0 Å². The molecule has 3 rings (SSSR count). The van der Waals surface area contributed by atoms with Gasteiger partial charge in [0.05, 0.1) is 17.2 Å². The van der Waals surface area contributed by atoms with E-state index >= 15 is 0 Å². The zero-order chi connectivity index (χ0) is 12.5. The van der Waals surface area contributed by atoms with Gasteiger partial charge in [0.2, 0.25) is 0 Å². The summed E-state index contributed by atoms with van der Waals surface area (Å²) in [5.74, 6) is 2.41. The summed E-state index contributed by atoms with van der Waals surface area (Å²) in [6.07, 6.45) is 4.96. The van der Waals surface area contributed by atoms with Crippen molar-refractivity contribution in [1.82, 2.24) is 19.9 Å². The first kappa shape index (κ1) is 11.7. The highest BCUT2D eigenvalue weighted by Crippen LogP contribution is 2.26. The molecule has 4 heteroatoms. The normalized spacial score (nSPS) is 20.1. The van der Waals surface area contributed by atoms with Gasteiger partial charge in [-0.15, -0.1) is 0 Å². The first-order chi connectivity index (χ1) is 8.75. The number of hydrogen-bond donors (Lipinski definition) is 1. The van der Waals surface area contributed by atoms with Crippen molar-refractivity contribution in [3.63, 3.8) is 0 Å². The molecule has 0 spiro atoms. The summed E-state index contributed by atoms with van der Waals surface area (Å²) in [5.41, 5.74) is 2.25. The average molecular weight is 244 g/mol. The lowest BCUT2D eigenvalue weighted by Gasteiger charge is -2.14. The molecule has 0 amide bonds. The molecule has 0 unspecified atom stereocenters. The Morgan fingerprint density at radius 2 is 2.39 bits per heavy atom. The van der Waals surface area contributed by atoms with E-state index in [0.29, 0.717) is 11.8 Å². The minimum atomic E-state index is 0.552. The molecule has 1 aliphatic rings. The summed E-state index contributed by atoms with van der Waals surface area (Å²) in [7, 11) is 0. The SMILES string of the molecule is CC(C)Cn1c([C@H]2CCNC2)nc2ccncc21. The molecule has 0 saturated carbocycles. The fraction of sp³-hybridized carbons (Fsp3) is 0.571. The van der Waals surface area contributed by atoms with Crippen molar-refractivity contribution in [3.05, 3.63) is 24.3 Å². The first-order valence-electron chi connectivity index (χ1n) is 6.76. The molecule has 2 aromatic heterocycles. The number of nitrogens with one attached hydrogen (secondary N) is 1. The molecular weight excluding hydrogens is 224 g/mol. The quantitative estimate of drug-likeness (QED) is 0.899. The number of rotatable bonds is 3. The second kappa shape index (κ2) is 4.69. The molecule has 0 bridgehead atoms. The number of fused-ring (bicyclic) bond motifs is 1. The number of aromatic nitrogens is 3. The van der Waals surface area contributed by atoms with Crippen molar-refractivity contribution in [2.24, 2.45) is 5.92 Å². The predicted molar refractivity (Wildman–Crippen MR) is 72.6 cm³/mol. The van der Waals surface area contributed by atoms with Gasteiger partial charge in [-0.1, -0.05) is 13.8 Å². The highest BCUT2D eigenvalue weighted by Gasteiger charge is 2.23. The molecule has 3 heterocycles. The van der Waals surface area contributed by atoms with E-state index in [2.05, 4.69) is 28.7 Å². The summed E-state index contributed by atoms with van der Waals surface area (Å²) >= 11 is 0. The van der Waals surface area contributed by atoms with Gasteiger partial charge >= 0.3 is 0 Å². The number of pyridine rings is 1. The standard InChI is InChI=1S/C14H20N4/c1-10(2)9-18-13-8-16-6-4-12(13)17-14(18)11-3-5-15-7-11/h4,6,8,10-11,15H,3,5,7,9H2,1-2H3/t11-/m0/s1. The highest BCUT2D eigenvalue weighted by atomic mass is 15.1. The second-order valence-corrected chi connectivity index (χ2v) is 5.53. The van der Waals surface area contributed by atoms with Crippen molar-refractivity contribution in [3.8, 4) is 0 Å². The Morgan fingerprint density at radius 1 is 1.50 bits per heavy atom. The highest BCUT2D eigenvalue weighted by molar-refractivity contribution is 5.74. The monoisotopic (exact) mass is 244 g/mol. The minimum Gasteiger partial charge on any atom is -0.326 e. The van der Waals surface area contributed by atoms with E-state index in [4.69, 9.17) is 4.98 Å². The smallest absolute Gasteiger partial charge is 0.114 e. The van der Waals surface area contributed by atoms with E-state index in [1.54, 1.807) is 0 Å². The van der Waals surface area contributed by atoms with Gasteiger partial charge in [-0.25, -0.2) is 4.98 Å². The third-order valence-electron chi connectivity index (χ3n) is 3.55. The lowest BCUT2D eigenvalue weighted by Crippen LogP contribution is -2.14. The van der Waals surface area contributed by atoms with Gasteiger partial charge in [-0.05, 0) is 24.9 Å². The van der Waals surface area contributed by atoms with Crippen LogP contribution < -0.4 is 5.32 Å². The number of hydrogen-bond acceptors (Lipinski definition) is 3. The Bertz CT molecular complexity index is 538. The minimum absolute atomic E-state index is 0.552. The molecule has 96 valence electrons. The first-order valence-corrected chi connectivity index (χ1v) is 6.76. The van der Waals surface area contributed by atoms with Gasteiger partial charge in [0.25, 0.3) is 0 Å². The molecular formula is C14H20N4. The van der Waals surface area contributed by atoms with E-state index in [-0.39, 0.29) is 0 Å². The lowest BCUT2D eigenvalue weighted by molar-refractivity contribution is 0.501. The van der Waals surface area contributed by atoms with Gasteiger partial charge in [-0.2, -0.15) is 0 Å². The van der Waals surface area contributed by atoms with Crippen LogP contribution in [0.2, 0.25) is 0 Å². The van der Waals surface area contributed by atoms with Crippen LogP contribution >= 0.6 is 0 Å². The van der Waals surface area contributed by atoms with Gasteiger partial charge in [0.1, 0.15) is 5.82 Å². The molecule has 2 aromatic rings. The number of imidazole rings is 1. The number of nitrogens with zero attached hydrogens (tertiary/aromatic N) is 3. The average Bonchev–Trinajstić information content (AvgIpc) is 2.96. The molecule has 1 aliphatic heterocycles. The Morgan fingerprint density at radius 3 is 3.11 bits per heavy atom. The van der Waals surface area contributed by atoms with Crippen LogP contribution in [0.3, 0.4) is 0 Å². The Kier molecular flexibility index (Phi) is 3.04. The molecule has 1 saturated heterocycles.